The Morgan fingerprint density at radius 3 is 2.41 bits per heavy atom. The highest BCUT2D eigenvalue weighted by molar-refractivity contribution is 7.92. The number of sulfonamides is 1. The molecule has 3 atom stereocenters. The quantitative estimate of drug-likeness (QED) is 0.767. The molecule has 2 aromatic carbocycles. The molecule has 1 amide bonds. The molecule has 0 radical (unpaired) electrons. The second-order valence-electron chi connectivity index (χ2n) is 8.66. The number of benzene rings is 2. The van der Waals surface area contributed by atoms with Crippen LogP contribution in [0.1, 0.15) is 52.7 Å². The van der Waals surface area contributed by atoms with Gasteiger partial charge in [-0.3, -0.25) is 9.52 Å². The van der Waals surface area contributed by atoms with Crippen molar-refractivity contribution >= 4 is 21.6 Å². The minimum Gasteiger partial charge on any atom is -0.349 e. The van der Waals surface area contributed by atoms with Crippen molar-refractivity contribution in [1.82, 2.24) is 5.32 Å². The van der Waals surface area contributed by atoms with E-state index in [2.05, 4.69) is 10.0 Å². The maximum atomic E-state index is 13.1. The van der Waals surface area contributed by atoms with Gasteiger partial charge in [-0.2, -0.15) is 0 Å². The number of nitrogens with one attached hydrogen (secondary N) is 2. The Balaban J connectivity index is 1.57. The SMILES string of the molecule is Cc1ccc(C)c(NS(=O)(=O)c2cc(C(=O)N[C@H]3C[C@@H]4CC[C@@H]3C4)ccc2C)c1. The molecule has 2 saturated carbocycles. The first-order valence-corrected chi connectivity index (χ1v) is 11.7. The van der Waals surface area contributed by atoms with Gasteiger partial charge in [0.15, 0.2) is 0 Å². The van der Waals surface area contributed by atoms with Crippen LogP contribution in [0.4, 0.5) is 5.69 Å². The van der Waals surface area contributed by atoms with Gasteiger partial charge in [-0.05, 0) is 86.8 Å². The first kappa shape index (κ1) is 20.0. The van der Waals surface area contributed by atoms with Crippen LogP contribution in [0, 0.1) is 32.6 Å². The average Bonchev–Trinajstić information content (AvgIpc) is 3.27. The molecule has 0 unspecified atom stereocenters. The second kappa shape index (κ2) is 7.48. The lowest BCUT2D eigenvalue weighted by atomic mass is 9.95. The van der Waals surface area contributed by atoms with E-state index >= 15 is 0 Å². The van der Waals surface area contributed by atoms with Gasteiger partial charge in [-0.1, -0.05) is 24.6 Å². The number of amides is 1. The van der Waals surface area contributed by atoms with Crippen LogP contribution in [0.3, 0.4) is 0 Å². The predicted molar refractivity (Wildman–Crippen MR) is 115 cm³/mol. The summed E-state index contributed by atoms with van der Waals surface area (Å²) in [5.41, 5.74) is 3.38. The molecule has 2 fully saturated rings. The summed E-state index contributed by atoms with van der Waals surface area (Å²) >= 11 is 0. The molecule has 4 rings (SSSR count). The third kappa shape index (κ3) is 4.04. The first-order valence-electron chi connectivity index (χ1n) is 10.2. The molecule has 0 heterocycles. The zero-order chi connectivity index (χ0) is 20.8. The fourth-order valence-corrected chi connectivity index (χ4v) is 6.14. The number of fused-ring (bicyclic) bond motifs is 2. The molecule has 2 N–H and O–H groups in total. The fourth-order valence-electron chi connectivity index (χ4n) is 4.75. The number of carbonyl (C=O) groups excluding carboxylic acids is 1. The zero-order valence-corrected chi connectivity index (χ0v) is 18.0. The molecule has 2 bridgehead atoms. The lowest BCUT2D eigenvalue weighted by Gasteiger charge is -2.23. The number of carbonyl (C=O) groups is 1. The van der Waals surface area contributed by atoms with Gasteiger partial charge in [-0.15, -0.1) is 0 Å². The molecule has 154 valence electrons. The Hall–Kier alpha value is -2.34. The number of anilines is 1. The molecule has 2 aliphatic rings. The summed E-state index contributed by atoms with van der Waals surface area (Å²) in [6.45, 7) is 5.53. The van der Waals surface area contributed by atoms with E-state index < -0.39 is 10.0 Å². The van der Waals surface area contributed by atoms with Crippen LogP contribution in [-0.2, 0) is 10.0 Å². The van der Waals surface area contributed by atoms with E-state index in [4.69, 9.17) is 0 Å². The van der Waals surface area contributed by atoms with Gasteiger partial charge in [0.2, 0.25) is 0 Å². The molecule has 6 heteroatoms. The standard InChI is InChI=1S/C23H28N2O3S/c1-14-4-5-15(2)20(10-14)25-29(27,28)22-13-19(8-6-16(22)3)23(26)24-21-12-17-7-9-18(21)11-17/h4-6,8,10,13,17-18,21,25H,7,9,11-12H2,1-3H3,(H,24,26)/t17-,18-,21+/m1/s1. The van der Waals surface area contributed by atoms with Gasteiger partial charge in [0.1, 0.15) is 0 Å². The van der Waals surface area contributed by atoms with Gasteiger partial charge in [0.25, 0.3) is 15.9 Å². The van der Waals surface area contributed by atoms with Crippen LogP contribution in [-0.4, -0.2) is 20.4 Å². The largest absolute Gasteiger partial charge is 0.349 e. The van der Waals surface area contributed by atoms with Crippen LogP contribution >= 0.6 is 0 Å². The molecule has 0 aromatic heterocycles. The maximum Gasteiger partial charge on any atom is 0.262 e. The van der Waals surface area contributed by atoms with Gasteiger partial charge in [0.05, 0.1) is 10.6 Å². The number of hydrogen-bond donors (Lipinski definition) is 2. The molecule has 2 aliphatic carbocycles. The van der Waals surface area contributed by atoms with Gasteiger partial charge >= 0.3 is 0 Å². The van der Waals surface area contributed by atoms with Gasteiger partial charge in [-0.25, -0.2) is 8.42 Å². The van der Waals surface area contributed by atoms with E-state index in [1.165, 1.54) is 25.3 Å². The molecular formula is C23H28N2O3S. The maximum absolute atomic E-state index is 13.1. The van der Waals surface area contributed by atoms with Gasteiger partial charge < -0.3 is 5.32 Å². The summed E-state index contributed by atoms with van der Waals surface area (Å²) in [7, 11) is -3.80. The first-order chi connectivity index (χ1) is 13.7. The van der Waals surface area contributed by atoms with Crippen molar-refractivity contribution in [1.29, 1.82) is 0 Å². The van der Waals surface area contributed by atoms with Crippen molar-refractivity contribution in [2.45, 2.75) is 57.4 Å². The Morgan fingerprint density at radius 2 is 1.72 bits per heavy atom. The molecule has 2 aromatic rings. The molecule has 0 aliphatic heterocycles. The molecule has 0 spiro atoms. The summed E-state index contributed by atoms with van der Waals surface area (Å²) in [5.74, 6) is 1.12. The van der Waals surface area contributed by atoms with Crippen molar-refractivity contribution in [3.63, 3.8) is 0 Å². The second-order valence-corrected chi connectivity index (χ2v) is 10.3. The van der Waals surface area contributed by atoms with Crippen molar-refractivity contribution in [2.24, 2.45) is 11.8 Å². The van der Waals surface area contributed by atoms with Crippen molar-refractivity contribution in [3.05, 3.63) is 58.7 Å². The fraction of sp³-hybridized carbons (Fsp3) is 0.435. The Bertz CT molecular complexity index is 1060. The van der Waals surface area contributed by atoms with Crippen LogP contribution in [0.15, 0.2) is 41.3 Å². The minimum atomic E-state index is -3.80. The van der Waals surface area contributed by atoms with Gasteiger partial charge in [0, 0.05) is 11.6 Å². The van der Waals surface area contributed by atoms with Crippen LogP contribution in [0.25, 0.3) is 0 Å². The van der Waals surface area contributed by atoms with E-state index in [1.54, 1.807) is 19.1 Å². The zero-order valence-electron chi connectivity index (χ0n) is 17.2. The third-order valence-electron chi connectivity index (χ3n) is 6.43. The van der Waals surface area contributed by atoms with Crippen molar-refractivity contribution in [3.8, 4) is 0 Å². The van der Waals surface area contributed by atoms with Crippen LogP contribution in [0.2, 0.25) is 0 Å². The minimum absolute atomic E-state index is 0.138. The topological polar surface area (TPSA) is 75.3 Å². The van der Waals surface area contributed by atoms with E-state index in [-0.39, 0.29) is 16.8 Å². The molecule has 5 nitrogen and oxygen atoms in total. The van der Waals surface area contributed by atoms with E-state index in [1.807, 2.05) is 32.0 Å². The molecule has 0 saturated heterocycles. The van der Waals surface area contributed by atoms with Crippen LogP contribution < -0.4 is 10.0 Å². The smallest absolute Gasteiger partial charge is 0.262 e. The Kier molecular flexibility index (Phi) is 5.15. The summed E-state index contributed by atoms with van der Waals surface area (Å²) in [4.78, 5) is 12.9. The monoisotopic (exact) mass is 412 g/mol. The van der Waals surface area contributed by atoms with Crippen LogP contribution in [0.5, 0.6) is 0 Å². The normalized spacial score (nSPS) is 23.2. The lowest BCUT2D eigenvalue weighted by molar-refractivity contribution is 0.0922. The Morgan fingerprint density at radius 1 is 0.966 bits per heavy atom. The molecular weight excluding hydrogens is 384 g/mol. The predicted octanol–water partition coefficient (Wildman–Crippen LogP) is 4.33. The van der Waals surface area contributed by atoms with E-state index in [0.717, 1.165) is 23.5 Å². The average molecular weight is 413 g/mol. The lowest BCUT2D eigenvalue weighted by Crippen LogP contribution is -2.38. The number of aryl methyl sites for hydroxylation is 3. The highest BCUT2D eigenvalue weighted by atomic mass is 32.2. The summed E-state index contributed by atoms with van der Waals surface area (Å²) in [6, 6.07) is 10.8. The third-order valence-corrected chi connectivity index (χ3v) is 7.94. The van der Waals surface area contributed by atoms with E-state index in [0.29, 0.717) is 22.7 Å². The number of hydrogen-bond acceptors (Lipinski definition) is 3. The molecule has 29 heavy (non-hydrogen) atoms. The number of rotatable bonds is 5. The highest BCUT2D eigenvalue weighted by Gasteiger charge is 2.40. The summed E-state index contributed by atoms with van der Waals surface area (Å²) in [5, 5.41) is 3.14. The van der Waals surface area contributed by atoms with Crippen molar-refractivity contribution in [2.75, 3.05) is 4.72 Å². The highest BCUT2D eigenvalue weighted by Crippen LogP contribution is 2.44. The Labute approximate surface area is 173 Å². The van der Waals surface area contributed by atoms with Crippen molar-refractivity contribution < 1.29 is 13.2 Å². The summed E-state index contributed by atoms with van der Waals surface area (Å²) < 4.78 is 28.8. The summed E-state index contributed by atoms with van der Waals surface area (Å²) in [6.07, 6.45) is 4.71. The van der Waals surface area contributed by atoms with E-state index in [9.17, 15) is 13.2 Å².